The highest BCUT2D eigenvalue weighted by molar-refractivity contribution is 5.91. The molecule has 1 aromatic heterocycles. The molecule has 1 aromatic carbocycles. The van der Waals surface area contributed by atoms with Gasteiger partial charge in [-0.2, -0.15) is 0 Å². The Bertz CT molecular complexity index is 1440. The molecule has 44 heavy (non-hydrogen) atoms. The van der Waals surface area contributed by atoms with Crippen molar-refractivity contribution in [1.29, 1.82) is 0 Å². The molecule has 3 fully saturated rings. The molecule has 3 amide bonds. The first-order valence-electron chi connectivity index (χ1n) is 16.1. The predicted octanol–water partition coefficient (Wildman–Crippen LogP) is 2.60. The summed E-state index contributed by atoms with van der Waals surface area (Å²) in [5, 5.41) is 18.5. The summed E-state index contributed by atoms with van der Waals surface area (Å²) in [6, 6.07) is 8.13. The Morgan fingerprint density at radius 3 is 2.39 bits per heavy atom. The van der Waals surface area contributed by atoms with Gasteiger partial charge in [0.1, 0.15) is 12.1 Å². The van der Waals surface area contributed by atoms with E-state index in [9.17, 15) is 24.3 Å². The number of aryl methyl sites for hydroxylation is 1. The number of amides is 3. The SMILES string of the molecule is C[C@@H]1NC(=O)[C@H](C2CC2)OC(=O)C2(CCc3ccc4ccc(nc4c3)[C@@H](C)NC(=O)[C@@H]3CCCN(N3)C1=O)CCC(O)CC2. The number of aliphatic hydroxyl groups is 1. The number of hydrazine groups is 1. The Morgan fingerprint density at radius 1 is 0.909 bits per heavy atom. The van der Waals surface area contributed by atoms with E-state index < -0.39 is 41.6 Å². The van der Waals surface area contributed by atoms with Gasteiger partial charge in [0.05, 0.1) is 28.8 Å². The minimum atomic E-state index is -0.979. The molecule has 236 valence electrons. The van der Waals surface area contributed by atoms with E-state index in [1.54, 1.807) is 6.92 Å². The molecule has 2 aromatic rings. The van der Waals surface area contributed by atoms with E-state index in [0.29, 0.717) is 57.9 Å². The Kier molecular flexibility index (Phi) is 8.61. The lowest BCUT2D eigenvalue weighted by Crippen LogP contribution is -2.61. The molecule has 6 rings (SSSR count). The Hall–Kier alpha value is -3.57. The van der Waals surface area contributed by atoms with Gasteiger partial charge >= 0.3 is 5.97 Å². The van der Waals surface area contributed by atoms with Crippen molar-refractivity contribution in [2.45, 2.75) is 108 Å². The number of benzene rings is 1. The molecule has 11 heteroatoms. The number of nitrogens with one attached hydrogen (secondary N) is 3. The number of hydrogen-bond acceptors (Lipinski definition) is 8. The molecular formula is C33H43N5O6. The average Bonchev–Trinajstić information content (AvgIpc) is 3.87. The molecule has 0 unspecified atom stereocenters. The maximum atomic E-state index is 13.9. The van der Waals surface area contributed by atoms with E-state index in [1.807, 2.05) is 37.3 Å². The van der Waals surface area contributed by atoms with Crippen LogP contribution in [0, 0.1) is 11.3 Å². The van der Waals surface area contributed by atoms with E-state index in [1.165, 1.54) is 5.01 Å². The van der Waals surface area contributed by atoms with Gasteiger partial charge in [0, 0.05) is 17.8 Å². The number of fused-ring (bicyclic) bond motifs is 4. The van der Waals surface area contributed by atoms with Gasteiger partial charge in [-0.3, -0.25) is 29.2 Å². The summed E-state index contributed by atoms with van der Waals surface area (Å²) < 4.78 is 6.04. The molecule has 4 N–H and O–H groups in total. The second kappa shape index (κ2) is 12.4. The lowest BCUT2D eigenvalue weighted by atomic mass is 9.70. The summed E-state index contributed by atoms with van der Waals surface area (Å²) in [7, 11) is 0. The molecule has 1 saturated heterocycles. The molecule has 5 bridgehead atoms. The zero-order valence-electron chi connectivity index (χ0n) is 25.5. The number of cyclic esters (lactones) is 1. The third-order valence-electron chi connectivity index (χ3n) is 9.86. The number of aliphatic hydroxyl groups excluding tert-OH is 1. The lowest BCUT2D eigenvalue weighted by Gasteiger charge is -2.38. The smallest absolute Gasteiger partial charge is 0.312 e. The second-order valence-electron chi connectivity index (χ2n) is 13.2. The summed E-state index contributed by atoms with van der Waals surface area (Å²) in [5.41, 5.74) is 4.79. The molecule has 2 aliphatic heterocycles. The molecule has 4 aliphatic rings. The van der Waals surface area contributed by atoms with Gasteiger partial charge in [-0.05, 0) is 95.8 Å². The molecule has 1 spiro atoms. The van der Waals surface area contributed by atoms with Crippen molar-refractivity contribution in [2.24, 2.45) is 11.3 Å². The number of carbonyl (C=O) groups is 4. The highest BCUT2D eigenvalue weighted by atomic mass is 16.6. The number of esters is 1. The first-order valence-corrected chi connectivity index (χ1v) is 16.1. The summed E-state index contributed by atoms with van der Waals surface area (Å²) in [5.74, 6) is -1.55. The van der Waals surface area contributed by atoms with Crippen LogP contribution in [-0.4, -0.2) is 69.6 Å². The summed E-state index contributed by atoms with van der Waals surface area (Å²) in [4.78, 5) is 58.9. The maximum absolute atomic E-state index is 13.9. The molecular weight excluding hydrogens is 562 g/mol. The quantitative estimate of drug-likeness (QED) is 0.363. The van der Waals surface area contributed by atoms with Crippen LogP contribution >= 0.6 is 0 Å². The first kappa shape index (κ1) is 30.5. The number of aromatic nitrogens is 1. The number of nitrogens with zero attached hydrogens (tertiary/aromatic N) is 2. The van der Waals surface area contributed by atoms with Crippen molar-refractivity contribution < 1.29 is 29.0 Å². The van der Waals surface area contributed by atoms with E-state index in [0.717, 1.165) is 35.0 Å². The van der Waals surface area contributed by atoms with Gasteiger partial charge in [-0.15, -0.1) is 0 Å². The highest BCUT2D eigenvalue weighted by Gasteiger charge is 2.47. The Balaban J connectivity index is 1.33. The second-order valence-corrected chi connectivity index (χ2v) is 13.2. The largest absolute Gasteiger partial charge is 0.452 e. The third-order valence-corrected chi connectivity index (χ3v) is 9.86. The Morgan fingerprint density at radius 2 is 1.64 bits per heavy atom. The standard InChI is InChI=1S/C33H43N5O6/c1-19-25-10-9-22-6-5-21(18-27(22)36-25)11-14-33(15-12-24(39)13-16-33)32(43)44-28(23-7-8-23)30(41)35-20(2)31(42)38-17-3-4-26(37-38)29(40)34-19/h5-6,9-10,18-20,23-24,26,28,37,39H,3-4,7-8,11-17H2,1-2H3,(H,34,40)(H,35,41)/t19-,20+,24?,26+,28+,33?/m1/s1. The lowest BCUT2D eigenvalue weighted by molar-refractivity contribution is -0.171. The number of pyridine rings is 1. The van der Waals surface area contributed by atoms with Crippen LogP contribution in [0.3, 0.4) is 0 Å². The zero-order chi connectivity index (χ0) is 31.0. The topological polar surface area (TPSA) is 150 Å². The fourth-order valence-electron chi connectivity index (χ4n) is 6.79. The number of rotatable bonds is 1. The van der Waals surface area contributed by atoms with Crippen LogP contribution in [0.5, 0.6) is 0 Å². The first-order chi connectivity index (χ1) is 21.1. The monoisotopic (exact) mass is 605 g/mol. The predicted molar refractivity (Wildman–Crippen MR) is 162 cm³/mol. The minimum absolute atomic E-state index is 0.0852. The van der Waals surface area contributed by atoms with Gasteiger partial charge in [0.15, 0.2) is 6.10 Å². The van der Waals surface area contributed by atoms with Gasteiger partial charge in [-0.25, -0.2) is 5.43 Å². The molecule has 11 nitrogen and oxygen atoms in total. The third kappa shape index (κ3) is 6.44. The number of carbonyl (C=O) groups excluding carboxylic acids is 4. The highest BCUT2D eigenvalue weighted by Crippen LogP contribution is 2.43. The summed E-state index contributed by atoms with van der Waals surface area (Å²) in [6.45, 7) is 3.90. The van der Waals surface area contributed by atoms with Crippen LogP contribution in [0.4, 0.5) is 0 Å². The van der Waals surface area contributed by atoms with E-state index in [4.69, 9.17) is 9.72 Å². The van der Waals surface area contributed by atoms with Crippen molar-refractivity contribution in [3.63, 3.8) is 0 Å². The maximum Gasteiger partial charge on any atom is 0.312 e. The molecule has 0 radical (unpaired) electrons. The van der Waals surface area contributed by atoms with Crippen molar-refractivity contribution in [3.05, 3.63) is 41.6 Å². The summed E-state index contributed by atoms with van der Waals surface area (Å²) >= 11 is 0. The van der Waals surface area contributed by atoms with Gasteiger partial charge in [-0.1, -0.05) is 18.2 Å². The van der Waals surface area contributed by atoms with Crippen LogP contribution < -0.4 is 16.1 Å². The van der Waals surface area contributed by atoms with Gasteiger partial charge in [0.25, 0.3) is 11.8 Å². The Labute approximate surface area is 257 Å². The van der Waals surface area contributed by atoms with Crippen molar-refractivity contribution in [3.8, 4) is 0 Å². The number of hydrogen-bond donors (Lipinski definition) is 4. The van der Waals surface area contributed by atoms with Gasteiger partial charge in [0.2, 0.25) is 5.91 Å². The van der Waals surface area contributed by atoms with Crippen molar-refractivity contribution in [2.75, 3.05) is 6.54 Å². The van der Waals surface area contributed by atoms with Crippen LogP contribution in [0.15, 0.2) is 30.3 Å². The molecule has 2 saturated carbocycles. The zero-order valence-corrected chi connectivity index (χ0v) is 25.5. The van der Waals surface area contributed by atoms with Gasteiger partial charge < -0.3 is 20.5 Å². The molecule has 2 aliphatic carbocycles. The average molecular weight is 606 g/mol. The van der Waals surface area contributed by atoms with Crippen LogP contribution in [0.25, 0.3) is 10.9 Å². The fourth-order valence-corrected chi connectivity index (χ4v) is 6.79. The van der Waals surface area contributed by atoms with E-state index >= 15 is 0 Å². The minimum Gasteiger partial charge on any atom is -0.452 e. The van der Waals surface area contributed by atoms with Crippen molar-refractivity contribution in [1.82, 2.24) is 26.1 Å². The van der Waals surface area contributed by atoms with Crippen molar-refractivity contribution >= 4 is 34.6 Å². The van der Waals surface area contributed by atoms with Crippen LogP contribution in [0.1, 0.15) is 88.9 Å². The van der Waals surface area contributed by atoms with E-state index in [-0.39, 0.29) is 23.8 Å². The number of ether oxygens (including phenoxy) is 1. The fraction of sp³-hybridized carbons (Fsp3) is 0.606. The normalized spacial score (nSPS) is 32.7. The van der Waals surface area contributed by atoms with E-state index in [2.05, 4.69) is 16.1 Å². The summed E-state index contributed by atoms with van der Waals surface area (Å²) in [6.07, 6.45) is 4.39. The van der Waals surface area contributed by atoms with Crippen LogP contribution in [-0.2, 0) is 30.3 Å². The molecule has 3 heterocycles. The molecule has 4 atom stereocenters. The van der Waals surface area contributed by atoms with Crippen LogP contribution in [0.2, 0.25) is 0 Å².